The molecule has 2 aromatic rings. The molecule has 2 rings (SSSR count). The first-order valence-corrected chi connectivity index (χ1v) is 8.71. The summed E-state index contributed by atoms with van der Waals surface area (Å²) in [6, 6.07) is 16.8. The second kappa shape index (κ2) is 7.61. The first-order chi connectivity index (χ1) is 11.1. The maximum Gasteiger partial charge on any atom is 0.216 e. The van der Waals surface area contributed by atoms with Gasteiger partial charge in [0, 0.05) is 5.56 Å². The molecule has 0 aliphatic rings. The number of sulfone groups is 1. The standard InChI is InChI=1S/C18H17NO3S/c1-2-12-22-18-11-7-6-8-15(18)13-17(14-19)23(20,21)16-9-4-3-5-10-16/h3-11,13H,2,12H2,1H3. The first-order valence-electron chi connectivity index (χ1n) is 7.23. The molecule has 118 valence electrons. The highest BCUT2D eigenvalue weighted by molar-refractivity contribution is 7.95. The summed E-state index contributed by atoms with van der Waals surface area (Å²) < 4.78 is 30.7. The third kappa shape index (κ3) is 3.99. The smallest absolute Gasteiger partial charge is 0.216 e. The predicted molar refractivity (Wildman–Crippen MR) is 89.4 cm³/mol. The third-order valence-electron chi connectivity index (χ3n) is 3.12. The molecule has 0 radical (unpaired) electrons. The Bertz CT molecular complexity index is 834. The van der Waals surface area contributed by atoms with Gasteiger partial charge in [0.05, 0.1) is 11.5 Å². The SMILES string of the molecule is CCCOc1ccccc1C=C(C#N)S(=O)(=O)c1ccccc1. The molecule has 0 aliphatic carbocycles. The predicted octanol–water partition coefficient (Wildman–Crippen LogP) is 3.81. The van der Waals surface area contributed by atoms with E-state index < -0.39 is 9.84 Å². The van der Waals surface area contributed by atoms with Crippen LogP contribution >= 0.6 is 0 Å². The van der Waals surface area contributed by atoms with Crippen molar-refractivity contribution in [2.24, 2.45) is 0 Å². The number of nitriles is 1. The van der Waals surface area contributed by atoms with Crippen molar-refractivity contribution >= 4 is 15.9 Å². The van der Waals surface area contributed by atoms with Crippen LogP contribution in [0.2, 0.25) is 0 Å². The van der Waals surface area contributed by atoms with Crippen molar-refractivity contribution in [1.29, 1.82) is 5.26 Å². The summed E-state index contributed by atoms with van der Waals surface area (Å²) in [5.74, 6) is 0.561. The van der Waals surface area contributed by atoms with Gasteiger partial charge in [-0.2, -0.15) is 5.26 Å². The number of nitrogens with zero attached hydrogens (tertiary/aromatic N) is 1. The molecule has 23 heavy (non-hydrogen) atoms. The van der Waals surface area contributed by atoms with Gasteiger partial charge in [-0.15, -0.1) is 0 Å². The molecule has 0 heterocycles. The Morgan fingerprint density at radius 1 is 1.13 bits per heavy atom. The van der Waals surface area contributed by atoms with Gasteiger partial charge < -0.3 is 4.74 Å². The van der Waals surface area contributed by atoms with Crippen LogP contribution in [0, 0.1) is 11.3 Å². The van der Waals surface area contributed by atoms with Crippen molar-refractivity contribution in [3.05, 3.63) is 65.1 Å². The molecule has 0 aliphatic heterocycles. The fraction of sp³-hybridized carbons (Fsp3) is 0.167. The lowest BCUT2D eigenvalue weighted by atomic mass is 10.2. The zero-order valence-electron chi connectivity index (χ0n) is 12.8. The van der Waals surface area contributed by atoms with Crippen LogP contribution in [0.5, 0.6) is 5.75 Å². The fourth-order valence-corrected chi connectivity index (χ4v) is 3.15. The van der Waals surface area contributed by atoms with E-state index in [1.54, 1.807) is 48.5 Å². The summed E-state index contributed by atoms with van der Waals surface area (Å²) in [6.07, 6.45) is 2.19. The third-order valence-corrected chi connectivity index (χ3v) is 4.80. The Balaban J connectivity index is 2.47. The summed E-state index contributed by atoms with van der Waals surface area (Å²) in [5, 5.41) is 9.31. The van der Waals surface area contributed by atoms with E-state index in [1.807, 2.05) is 6.92 Å². The highest BCUT2D eigenvalue weighted by atomic mass is 32.2. The van der Waals surface area contributed by atoms with Crippen molar-refractivity contribution < 1.29 is 13.2 Å². The van der Waals surface area contributed by atoms with E-state index in [1.165, 1.54) is 18.2 Å². The minimum atomic E-state index is -3.84. The molecule has 4 nitrogen and oxygen atoms in total. The molecule has 0 aromatic heterocycles. The monoisotopic (exact) mass is 327 g/mol. The number of rotatable bonds is 6. The average molecular weight is 327 g/mol. The zero-order chi connectivity index (χ0) is 16.7. The van der Waals surface area contributed by atoms with E-state index in [-0.39, 0.29) is 9.80 Å². The molecule has 5 heteroatoms. The number of ether oxygens (including phenoxy) is 1. The summed E-state index contributed by atoms with van der Waals surface area (Å²) in [5.41, 5.74) is 0.567. The van der Waals surface area contributed by atoms with Gasteiger partial charge in [0.1, 0.15) is 16.7 Å². The van der Waals surface area contributed by atoms with Crippen LogP contribution in [-0.2, 0) is 9.84 Å². The summed E-state index contributed by atoms with van der Waals surface area (Å²) in [7, 11) is -3.84. The quantitative estimate of drug-likeness (QED) is 0.757. The summed E-state index contributed by atoms with van der Waals surface area (Å²) in [4.78, 5) is -0.212. The van der Waals surface area contributed by atoms with Crippen molar-refractivity contribution in [2.45, 2.75) is 18.2 Å². The van der Waals surface area contributed by atoms with Gasteiger partial charge in [-0.25, -0.2) is 8.42 Å². The van der Waals surface area contributed by atoms with E-state index in [2.05, 4.69) is 0 Å². The normalized spacial score (nSPS) is 11.7. The lowest BCUT2D eigenvalue weighted by Gasteiger charge is -2.08. The van der Waals surface area contributed by atoms with E-state index in [0.29, 0.717) is 17.9 Å². The van der Waals surface area contributed by atoms with Crippen molar-refractivity contribution in [3.8, 4) is 11.8 Å². The molecule has 2 aromatic carbocycles. The molecule has 0 unspecified atom stereocenters. The van der Waals surface area contributed by atoms with Crippen LogP contribution in [0.1, 0.15) is 18.9 Å². The molecule has 0 atom stereocenters. The number of para-hydroxylation sites is 1. The minimum absolute atomic E-state index is 0.0970. The fourth-order valence-electron chi connectivity index (χ4n) is 1.98. The van der Waals surface area contributed by atoms with Gasteiger partial charge in [-0.1, -0.05) is 43.3 Å². The van der Waals surface area contributed by atoms with Gasteiger partial charge in [0.2, 0.25) is 9.84 Å². The Kier molecular flexibility index (Phi) is 5.56. The highest BCUT2D eigenvalue weighted by Crippen LogP contribution is 2.25. The average Bonchev–Trinajstić information content (AvgIpc) is 2.59. The summed E-state index contributed by atoms with van der Waals surface area (Å²) >= 11 is 0. The van der Waals surface area contributed by atoms with Gasteiger partial charge in [0.25, 0.3) is 0 Å². The van der Waals surface area contributed by atoms with E-state index >= 15 is 0 Å². The number of hydrogen-bond donors (Lipinski definition) is 0. The van der Waals surface area contributed by atoms with E-state index in [4.69, 9.17) is 4.74 Å². The molecule has 0 N–H and O–H groups in total. The van der Waals surface area contributed by atoms with Crippen LogP contribution in [0.15, 0.2) is 64.4 Å². The van der Waals surface area contributed by atoms with Crippen LogP contribution in [0.4, 0.5) is 0 Å². The molecule has 0 saturated carbocycles. The highest BCUT2D eigenvalue weighted by Gasteiger charge is 2.20. The molecule has 0 amide bonds. The van der Waals surface area contributed by atoms with E-state index in [0.717, 1.165) is 6.42 Å². The van der Waals surface area contributed by atoms with Crippen LogP contribution in [-0.4, -0.2) is 15.0 Å². The maximum atomic E-state index is 12.6. The van der Waals surface area contributed by atoms with Crippen molar-refractivity contribution in [3.63, 3.8) is 0 Å². The second-order valence-electron chi connectivity index (χ2n) is 4.82. The van der Waals surface area contributed by atoms with E-state index in [9.17, 15) is 13.7 Å². The van der Waals surface area contributed by atoms with Gasteiger partial charge in [-0.3, -0.25) is 0 Å². The Hall–Kier alpha value is -2.58. The largest absolute Gasteiger partial charge is 0.493 e. The van der Waals surface area contributed by atoms with Crippen LogP contribution in [0.25, 0.3) is 6.08 Å². The number of benzene rings is 2. The molecule has 0 bridgehead atoms. The molecular weight excluding hydrogens is 310 g/mol. The maximum absolute atomic E-state index is 12.6. The van der Waals surface area contributed by atoms with Gasteiger partial charge >= 0.3 is 0 Å². The first kappa shape index (κ1) is 16.8. The molecular formula is C18H17NO3S. The molecule has 0 fully saturated rings. The van der Waals surface area contributed by atoms with Gasteiger partial charge in [0.15, 0.2) is 0 Å². The zero-order valence-corrected chi connectivity index (χ0v) is 13.6. The molecule has 0 saturated heterocycles. The van der Waals surface area contributed by atoms with Crippen LogP contribution < -0.4 is 4.74 Å². The Labute approximate surface area is 136 Å². The van der Waals surface area contributed by atoms with Crippen LogP contribution in [0.3, 0.4) is 0 Å². The summed E-state index contributed by atoms with van der Waals surface area (Å²) in [6.45, 7) is 2.51. The van der Waals surface area contributed by atoms with Crippen molar-refractivity contribution in [2.75, 3.05) is 6.61 Å². The van der Waals surface area contributed by atoms with Crippen molar-refractivity contribution in [1.82, 2.24) is 0 Å². The topological polar surface area (TPSA) is 67.2 Å². The Morgan fingerprint density at radius 2 is 1.78 bits per heavy atom. The number of allylic oxidation sites excluding steroid dienone is 1. The number of hydrogen-bond acceptors (Lipinski definition) is 4. The lowest BCUT2D eigenvalue weighted by Crippen LogP contribution is -2.04. The van der Waals surface area contributed by atoms with Gasteiger partial charge in [-0.05, 0) is 30.7 Å². The second-order valence-corrected chi connectivity index (χ2v) is 6.74. The minimum Gasteiger partial charge on any atom is -0.493 e. The lowest BCUT2D eigenvalue weighted by molar-refractivity contribution is 0.317. The Morgan fingerprint density at radius 3 is 2.43 bits per heavy atom. The molecule has 0 spiro atoms.